The Morgan fingerprint density at radius 2 is 1.32 bits per heavy atom. The number of aryl methyl sites for hydroxylation is 6. The summed E-state index contributed by atoms with van der Waals surface area (Å²) < 4.78 is 0. The molecule has 3 rings (SSSR count). The molecule has 0 heteroatoms. The van der Waals surface area contributed by atoms with E-state index in [1.54, 1.807) is 28.3 Å². The first kappa shape index (κ1) is 39.2. The summed E-state index contributed by atoms with van der Waals surface area (Å²) in [5, 5.41) is 0. The number of hydrogen-bond acceptors (Lipinski definition) is 0. The summed E-state index contributed by atoms with van der Waals surface area (Å²) in [6, 6.07) is 11.4. The van der Waals surface area contributed by atoms with Crippen molar-refractivity contribution in [3.63, 3.8) is 0 Å². The van der Waals surface area contributed by atoms with Gasteiger partial charge in [-0.05, 0) is 111 Å². The molecule has 0 saturated carbocycles. The smallest absolute Gasteiger partial charge is 0.0270 e. The van der Waals surface area contributed by atoms with Crippen LogP contribution in [-0.4, -0.2) is 0 Å². The van der Waals surface area contributed by atoms with Crippen molar-refractivity contribution < 1.29 is 0 Å². The van der Waals surface area contributed by atoms with Crippen LogP contribution in [0.15, 0.2) is 68.8 Å². The van der Waals surface area contributed by atoms with Gasteiger partial charge in [-0.3, -0.25) is 0 Å². The van der Waals surface area contributed by atoms with Gasteiger partial charge < -0.3 is 0 Å². The van der Waals surface area contributed by atoms with E-state index in [0.29, 0.717) is 0 Å². The monoisotopic (exact) mass is 506 g/mol. The van der Waals surface area contributed by atoms with Gasteiger partial charge in [0.2, 0.25) is 0 Å². The largest absolute Gasteiger partial charge is 0.106 e. The van der Waals surface area contributed by atoms with E-state index >= 15 is 0 Å². The summed E-state index contributed by atoms with van der Waals surface area (Å²) in [5.41, 5.74) is 10.8. The quantitative estimate of drug-likeness (QED) is 0.354. The fourth-order valence-corrected chi connectivity index (χ4v) is 3.89. The molecule has 1 aliphatic rings. The van der Waals surface area contributed by atoms with Gasteiger partial charge in [-0.2, -0.15) is 0 Å². The maximum absolute atomic E-state index is 3.48. The van der Waals surface area contributed by atoms with Gasteiger partial charge in [0.05, 0.1) is 0 Å². The molecule has 0 N–H and O–H groups in total. The lowest BCUT2D eigenvalue weighted by Gasteiger charge is -2.12. The van der Waals surface area contributed by atoms with E-state index in [-0.39, 0.29) is 0 Å². The molecule has 0 radical (unpaired) electrons. The van der Waals surface area contributed by atoms with Crippen LogP contribution in [0.5, 0.6) is 0 Å². The summed E-state index contributed by atoms with van der Waals surface area (Å²) in [5.74, 6) is 0.833. The predicted molar refractivity (Wildman–Crippen MR) is 175 cm³/mol. The van der Waals surface area contributed by atoms with Gasteiger partial charge in [-0.15, -0.1) is 26.3 Å². The average molecular weight is 507 g/mol. The third-order valence-electron chi connectivity index (χ3n) is 5.61. The molecule has 0 nitrogen and oxygen atoms in total. The Bertz CT molecular complexity index is 819. The molecule has 2 aromatic rings. The lowest BCUT2D eigenvalue weighted by Crippen LogP contribution is -1.97. The standard InChI is InChI=1S/C14H22.C10H12.C4H10.C4H8.C3H6.C2H4/c1-5-8-14-10-12(6-2)11(4)9-13(14)7-3;1-8-4-2-5-9-6-3-7-10(8)9;1-4(2)3;1-3-4-2;1-3-2;1-2/h9-10H,5-8H2,1-4H3;2,4-5H,3,6-7H2,1H3;4H,1-3H3;3H,1,4H2,2H3;3H,1H2,2H3;1-2H2. The zero-order valence-corrected chi connectivity index (χ0v) is 26.6. The average Bonchev–Trinajstić information content (AvgIpc) is 3.37. The highest BCUT2D eigenvalue weighted by atomic mass is 14.2. The third-order valence-corrected chi connectivity index (χ3v) is 5.61. The normalized spacial score (nSPS) is 10.2. The minimum atomic E-state index is 0.833. The Hall–Kier alpha value is -2.34. The van der Waals surface area contributed by atoms with E-state index in [4.69, 9.17) is 0 Å². The minimum Gasteiger partial charge on any atom is -0.106 e. The number of allylic oxidation sites excluding steroid dienone is 2. The number of rotatable bonds is 5. The molecule has 0 amide bonds. The first-order chi connectivity index (χ1) is 17.7. The molecule has 1 aliphatic carbocycles. The van der Waals surface area contributed by atoms with Crippen molar-refractivity contribution in [2.24, 2.45) is 5.92 Å². The Morgan fingerprint density at radius 1 is 0.811 bits per heavy atom. The van der Waals surface area contributed by atoms with Crippen LogP contribution in [0.4, 0.5) is 0 Å². The summed E-state index contributed by atoms with van der Waals surface area (Å²) >= 11 is 0. The first-order valence-electron chi connectivity index (χ1n) is 14.5. The second kappa shape index (κ2) is 26.7. The second-order valence-electron chi connectivity index (χ2n) is 9.91. The number of fused-ring (bicyclic) bond motifs is 1. The molecule has 0 aliphatic heterocycles. The lowest BCUT2D eigenvalue weighted by molar-refractivity contribution is 0.737. The third kappa shape index (κ3) is 19.4. The molecule has 0 saturated heterocycles. The molecule has 0 unspecified atom stereocenters. The van der Waals surface area contributed by atoms with Crippen molar-refractivity contribution in [3.8, 4) is 0 Å². The zero-order valence-electron chi connectivity index (χ0n) is 26.6. The Morgan fingerprint density at radius 3 is 1.73 bits per heavy atom. The maximum atomic E-state index is 3.48. The Labute approximate surface area is 234 Å². The van der Waals surface area contributed by atoms with Crippen molar-refractivity contribution in [2.45, 2.75) is 121 Å². The van der Waals surface area contributed by atoms with Crippen LogP contribution in [0, 0.1) is 19.8 Å². The summed E-state index contributed by atoms with van der Waals surface area (Å²) in [4.78, 5) is 0. The maximum Gasteiger partial charge on any atom is -0.0270 e. The topological polar surface area (TPSA) is 0 Å². The summed E-state index contributed by atoms with van der Waals surface area (Å²) in [7, 11) is 0. The van der Waals surface area contributed by atoms with E-state index in [0.717, 1.165) is 18.8 Å². The van der Waals surface area contributed by atoms with Crippen LogP contribution in [0.25, 0.3) is 0 Å². The van der Waals surface area contributed by atoms with Crippen LogP contribution in [0.3, 0.4) is 0 Å². The van der Waals surface area contributed by atoms with Crippen molar-refractivity contribution in [1.82, 2.24) is 0 Å². The summed E-state index contributed by atoms with van der Waals surface area (Å²) in [6.45, 7) is 34.5. The predicted octanol–water partition coefficient (Wildman–Crippen LogP) is 11.8. The number of benzene rings is 2. The van der Waals surface area contributed by atoms with Gasteiger partial charge in [0.15, 0.2) is 0 Å². The SMILES string of the molecule is C=C.C=CC.C=CCC.CC(C)C.CCCc1cc(CC)c(C)cc1CC.Cc1cccc2c1CCC2. The molecule has 0 spiro atoms. The van der Waals surface area contributed by atoms with Gasteiger partial charge in [0, 0.05) is 0 Å². The fourth-order valence-electron chi connectivity index (χ4n) is 3.89. The van der Waals surface area contributed by atoms with Crippen LogP contribution >= 0.6 is 0 Å². The van der Waals surface area contributed by atoms with Crippen molar-refractivity contribution in [1.29, 1.82) is 0 Å². The highest BCUT2D eigenvalue weighted by molar-refractivity contribution is 5.38. The molecule has 0 bridgehead atoms. The fraction of sp³-hybridized carbons (Fsp3) is 0.514. The van der Waals surface area contributed by atoms with Crippen LogP contribution in [-0.2, 0) is 32.1 Å². The Kier molecular flexibility index (Phi) is 28.3. The zero-order chi connectivity index (χ0) is 29.2. The molecule has 0 fully saturated rings. The minimum absolute atomic E-state index is 0.833. The van der Waals surface area contributed by atoms with Gasteiger partial charge in [-0.25, -0.2) is 0 Å². The second-order valence-corrected chi connectivity index (χ2v) is 9.91. The summed E-state index contributed by atoms with van der Waals surface area (Å²) in [6.07, 6.45) is 13.5. The van der Waals surface area contributed by atoms with E-state index < -0.39 is 0 Å². The van der Waals surface area contributed by atoms with Crippen LogP contribution in [0.2, 0.25) is 0 Å². The molecule has 2 aromatic carbocycles. The van der Waals surface area contributed by atoms with E-state index in [9.17, 15) is 0 Å². The van der Waals surface area contributed by atoms with Crippen LogP contribution < -0.4 is 0 Å². The molecule has 37 heavy (non-hydrogen) atoms. The highest BCUT2D eigenvalue weighted by Gasteiger charge is 2.10. The van der Waals surface area contributed by atoms with Gasteiger partial charge in [0.25, 0.3) is 0 Å². The van der Waals surface area contributed by atoms with Crippen molar-refractivity contribution >= 4 is 0 Å². The Balaban J connectivity index is -0.000000437. The molecular weight excluding hydrogens is 444 g/mol. The van der Waals surface area contributed by atoms with E-state index in [1.165, 1.54) is 55.2 Å². The van der Waals surface area contributed by atoms with Gasteiger partial charge in [-0.1, -0.05) is 97.4 Å². The molecule has 210 valence electrons. The lowest BCUT2D eigenvalue weighted by atomic mass is 9.94. The van der Waals surface area contributed by atoms with E-state index in [1.807, 2.05) is 13.0 Å². The highest BCUT2D eigenvalue weighted by Crippen LogP contribution is 2.24. The van der Waals surface area contributed by atoms with Gasteiger partial charge >= 0.3 is 0 Å². The van der Waals surface area contributed by atoms with E-state index in [2.05, 4.69) is 119 Å². The number of hydrogen-bond donors (Lipinski definition) is 0. The van der Waals surface area contributed by atoms with Crippen LogP contribution in [0.1, 0.15) is 114 Å². The van der Waals surface area contributed by atoms with Gasteiger partial charge in [0.1, 0.15) is 0 Å². The molecule has 0 aromatic heterocycles. The molecule has 0 atom stereocenters. The van der Waals surface area contributed by atoms with Crippen molar-refractivity contribution in [3.05, 3.63) is 108 Å². The molecule has 0 heterocycles. The molecular formula is C37H62. The van der Waals surface area contributed by atoms with Crippen molar-refractivity contribution in [2.75, 3.05) is 0 Å². The first-order valence-corrected chi connectivity index (χ1v) is 14.5.